The van der Waals surface area contributed by atoms with E-state index in [9.17, 15) is 13.2 Å². The Morgan fingerprint density at radius 2 is 1.83 bits per heavy atom. The first kappa shape index (κ1) is 26.6. The summed E-state index contributed by atoms with van der Waals surface area (Å²) in [5.41, 5.74) is 1.01. The van der Waals surface area contributed by atoms with Crippen LogP contribution in [0.2, 0.25) is 0 Å². The Balaban J connectivity index is 0.00000450. The number of rotatable bonds is 8. The van der Waals surface area contributed by atoms with E-state index in [4.69, 9.17) is 4.74 Å². The van der Waals surface area contributed by atoms with E-state index in [-0.39, 0.29) is 47.3 Å². The summed E-state index contributed by atoms with van der Waals surface area (Å²) in [5.74, 6) is 0.555. The van der Waals surface area contributed by atoms with Crippen molar-refractivity contribution >= 4 is 45.9 Å². The number of hydrogen-bond acceptors (Lipinski definition) is 5. The number of halogens is 1. The molecule has 1 aromatic rings. The van der Waals surface area contributed by atoms with Crippen LogP contribution in [0.3, 0.4) is 0 Å². The fourth-order valence-corrected chi connectivity index (χ4v) is 4.18. The minimum absolute atomic E-state index is 0. The van der Waals surface area contributed by atoms with Gasteiger partial charge in [0.1, 0.15) is 0 Å². The van der Waals surface area contributed by atoms with Crippen molar-refractivity contribution in [1.29, 1.82) is 0 Å². The van der Waals surface area contributed by atoms with Crippen molar-refractivity contribution in [3.63, 3.8) is 0 Å². The molecule has 2 N–H and O–H groups in total. The molecule has 1 aliphatic heterocycles. The van der Waals surface area contributed by atoms with E-state index in [1.165, 1.54) is 0 Å². The van der Waals surface area contributed by atoms with Gasteiger partial charge < -0.3 is 15.0 Å². The van der Waals surface area contributed by atoms with Crippen LogP contribution in [0.1, 0.15) is 32.3 Å². The molecule has 0 saturated carbocycles. The first-order chi connectivity index (χ1) is 13.9. The lowest BCUT2D eigenvalue weighted by Gasteiger charge is -2.33. The van der Waals surface area contributed by atoms with Gasteiger partial charge in [-0.2, -0.15) is 0 Å². The third-order valence-corrected chi connectivity index (χ3v) is 6.22. The van der Waals surface area contributed by atoms with E-state index in [0.29, 0.717) is 32.8 Å². The Labute approximate surface area is 196 Å². The maximum atomic E-state index is 12.3. The maximum Gasteiger partial charge on any atom is 0.309 e. The normalized spacial score (nSPS) is 15.4. The Hall–Kier alpha value is -1.40. The molecule has 0 amide bonds. The van der Waals surface area contributed by atoms with Crippen LogP contribution in [0, 0.1) is 12.8 Å². The van der Waals surface area contributed by atoms with Gasteiger partial charge in [0.05, 0.1) is 24.0 Å². The Morgan fingerprint density at radius 1 is 1.20 bits per heavy atom. The number of ether oxygens (including phenoxy) is 1. The molecule has 0 aromatic heterocycles. The zero-order valence-corrected chi connectivity index (χ0v) is 21.0. The monoisotopic (exact) mass is 552 g/mol. The number of guanidine groups is 1. The number of likely N-dealkylation sites (tertiary alicyclic amines) is 1. The number of esters is 1. The highest BCUT2D eigenvalue weighted by Crippen LogP contribution is 2.18. The molecule has 1 heterocycles. The van der Waals surface area contributed by atoms with Gasteiger partial charge in [0.2, 0.25) is 10.0 Å². The molecule has 8 nitrogen and oxygen atoms in total. The zero-order valence-electron chi connectivity index (χ0n) is 17.9. The highest BCUT2D eigenvalue weighted by Gasteiger charge is 2.27. The number of aryl methyl sites for hydroxylation is 1. The van der Waals surface area contributed by atoms with Gasteiger partial charge in [0.15, 0.2) is 5.96 Å². The summed E-state index contributed by atoms with van der Waals surface area (Å²) in [6, 6.07) is 6.74. The van der Waals surface area contributed by atoms with Crippen molar-refractivity contribution in [2.45, 2.75) is 38.5 Å². The lowest BCUT2D eigenvalue weighted by Crippen LogP contribution is -2.47. The lowest BCUT2D eigenvalue weighted by molar-refractivity contribution is -0.149. The summed E-state index contributed by atoms with van der Waals surface area (Å²) >= 11 is 0. The van der Waals surface area contributed by atoms with Crippen LogP contribution in [0.5, 0.6) is 0 Å². The number of carbonyl (C=O) groups excluding carboxylic acids is 1. The van der Waals surface area contributed by atoms with Crippen molar-refractivity contribution in [2.24, 2.45) is 10.9 Å². The van der Waals surface area contributed by atoms with Gasteiger partial charge in [-0.05, 0) is 45.7 Å². The molecule has 0 unspecified atom stereocenters. The van der Waals surface area contributed by atoms with E-state index in [2.05, 4.69) is 19.9 Å². The number of nitrogens with zero attached hydrogens (tertiary/aromatic N) is 2. The Kier molecular flexibility index (Phi) is 11.6. The van der Waals surface area contributed by atoms with E-state index in [1.54, 1.807) is 24.3 Å². The van der Waals surface area contributed by atoms with E-state index in [0.717, 1.165) is 24.4 Å². The SMILES string of the molecule is CCNC(=NCCNS(=O)(=O)c1ccc(C)cc1)N1CCC(C(=O)OCC)CC1.I. The van der Waals surface area contributed by atoms with Crippen LogP contribution < -0.4 is 10.0 Å². The summed E-state index contributed by atoms with van der Waals surface area (Å²) in [4.78, 5) is 18.8. The minimum atomic E-state index is -3.54. The predicted octanol–water partition coefficient (Wildman–Crippen LogP) is 2.13. The predicted molar refractivity (Wildman–Crippen MR) is 129 cm³/mol. The van der Waals surface area contributed by atoms with Crippen LogP contribution in [-0.2, 0) is 19.6 Å². The molecule has 1 aliphatic rings. The number of sulfonamides is 1. The molecule has 30 heavy (non-hydrogen) atoms. The van der Waals surface area contributed by atoms with Crippen LogP contribution >= 0.6 is 24.0 Å². The van der Waals surface area contributed by atoms with Gasteiger partial charge in [-0.15, -0.1) is 24.0 Å². The van der Waals surface area contributed by atoms with Gasteiger partial charge in [-0.25, -0.2) is 13.1 Å². The van der Waals surface area contributed by atoms with Crippen molar-refractivity contribution in [3.05, 3.63) is 29.8 Å². The topological polar surface area (TPSA) is 100 Å². The molecular weight excluding hydrogens is 519 g/mol. The van der Waals surface area contributed by atoms with Crippen LogP contribution in [0.25, 0.3) is 0 Å². The van der Waals surface area contributed by atoms with E-state index in [1.807, 2.05) is 20.8 Å². The Bertz CT molecular complexity index is 792. The third kappa shape index (κ3) is 8.03. The maximum absolute atomic E-state index is 12.3. The van der Waals surface area contributed by atoms with Crippen LogP contribution in [0.4, 0.5) is 0 Å². The highest BCUT2D eigenvalue weighted by molar-refractivity contribution is 14.0. The first-order valence-electron chi connectivity index (χ1n) is 10.1. The molecule has 170 valence electrons. The molecule has 1 saturated heterocycles. The zero-order chi connectivity index (χ0) is 21.3. The quantitative estimate of drug-likeness (QED) is 0.169. The molecule has 10 heteroatoms. The summed E-state index contributed by atoms with van der Waals surface area (Å²) < 4.78 is 32.4. The minimum Gasteiger partial charge on any atom is -0.466 e. The van der Waals surface area contributed by atoms with Gasteiger partial charge in [0.25, 0.3) is 0 Å². The second-order valence-electron chi connectivity index (χ2n) is 6.96. The number of piperidine rings is 1. The molecule has 0 bridgehead atoms. The van der Waals surface area contributed by atoms with E-state index >= 15 is 0 Å². The summed E-state index contributed by atoms with van der Waals surface area (Å²) in [6.07, 6.45) is 1.45. The van der Waals surface area contributed by atoms with Gasteiger partial charge in [0, 0.05) is 26.2 Å². The van der Waals surface area contributed by atoms with Crippen molar-refractivity contribution in [3.8, 4) is 0 Å². The molecule has 0 atom stereocenters. The third-order valence-electron chi connectivity index (χ3n) is 4.75. The number of benzene rings is 1. The molecular formula is C20H33IN4O4S. The molecule has 0 spiro atoms. The summed E-state index contributed by atoms with van der Waals surface area (Å²) in [6.45, 7) is 8.80. The van der Waals surface area contributed by atoms with Gasteiger partial charge in [-0.1, -0.05) is 17.7 Å². The lowest BCUT2D eigenvalue weighted by atomic mass is 9.97. The standard InChI is InChI=1S/C20H32N4O4S.HI/c1-4-21-20(24-14-10-17(11-15-24)19(25)28-5-2)22-12-13-23-29(26,27)18-8-6-16(3)7-9-18;/h6-9,17,23H,4-5,10-15H2,1-3H3,(H,21,22);1H. The Morgan fingerprint density at radius 3 is 2.40 bits per heavy atom. The van der Waals surface area contributed by atoms with Crippen molar-refractivity contribution < 1.29 is 17.9 Å². The van der Waals surface area contributed by atoms with E-state index < -0.39 is 10.0 Å². The van der Waals surface area contributed by atoms with Gasteiger partial charge >= 0.3 is 5.97 Å². The number of carbonyl (C=O) groups is 1. The van der Waals surface area contributed by atoms with Gasteiger partial charge in [-0.3, -0.25) is 9.79 Å². The number of nitrogens with one attached hydrogen (secondary N) is 2. The second kappa shape index (κ2) is 13.1. The average Bonchev–Trinajstić information content (AvgIpc) is 2.71. The average molecular weight is 552 g/mol. The largest absolute Gasteiger partial charge is 0.466 e. The van der Waals surface area contributed by atoms with Crippen LogP contribution in [-0.4, -0.2) is 64.6 Å². The number of hydrogen-bond donors (Lipinski definition) is 2. The second-order valence-corrected chi connectivity index (χ2v) is 8.73. The summed E-state index contributed by atoms with van der Waals surface area (Å²) in [5, 5.41) is 3.24. The molecule has 1 fully saturated rings. The molecule has 0 radical (unpaired) electrons. The molecule has 2 rings (SSSR count). The fraction of sp³-hybridized carbons (Fsp3) is 0.600. The molecule has 1 aromatic carbocycles. The van der Waals surface area contributed by atoms with Crippen molar-refractivity contribution in [1.82, 2.24) is 14.9 Å². The fourth-order valence-electron chi connectivity index (χ4n) is 3.16. The van der Waals surface area contributed by atoms with Crippen LogP contribution in [0.15, 0.2) is 34.2 Å². The highest BCUT2D eigenvalue weighted by atomic mass is 127. The van der Waals surface area contributed by atoms with Crippen molar-refractivity contribution in [2.75, 3.05) is 39.3 Å². The smallest absolute Gasteiger partial charge is 0.309 e. The molecule has 0 aliphatic carbocycles. The summed E-state index contributed by atoms with van der Waals surface area (Å²) in [7, 11) is -3.54. The first-order valence-corrected chi connectivity index (χ1v) is 11.6. The number of aliphatic imine (C=N–C) groups is 1.